The molecule has 0 aliphatic carbocycles. The van der Waals surface area contributed by atoms with Crippen molar-refractivity contribution in [2.24, 2.45) is 5.92 Å². The second-order valence-electron chi connectivity index (χ2n) is 5.73. The van der Waals surface area contributed by atoms with Crippen molar-refractivity contribution in [3.63, 3.8) is 0 Å². The Hall–Kier alpha value is -2.44. The van der Waals surface area contributed by atoms with Crippen LogP contribution in [0.2, 0.25) is 0 Å². The number of amides is 1. The van der Waals surface area contributed by atoms with Gasteiger partial charge in [-0.15, -0.1) is 0 Å². The van der Waals surface area contributed by atoms with Crippen LogP contribution in [0.1, 0.15) is 5.56 Å². The van der Waals surface area contributed by atoms with E-state index in [1.54, 1.807) is 7.11 Å². The monoisotopic (exact) mass is 345 g/mol. The van der Waals surface area contributed by atoms with E-state index in [1.165, 1.54) is 0 Å². The molecule has 0 radical (unpaired) electrons. The van der Waals surface area contributed by atoms with Crippen LogP contribution in [-0.4, -0.2) is 50.5 Å². The predicted octanol–water partition coefficient (Wildman–Crippen LogP) is 1.86. The summed E-state index contributed by atoms with van der Waals surface area (Å²) in [6.45, 7) is 0.684. The summed E-state index contributed by atoms with van der Waals surface area (Å²) in [5.74, 6) is -1.97. The van der Waals surface area contributed by atoms with Crippen LogP contribution >= 0.6 is 0 Å². The molecule has 1 atom stereocenters. The Morgan fingerprint density at radius 2 is 1.88 bits per heavy atom. The van der Waals surface area contributed by atoms with E-state index in [2.05, 4.69) is 5.32 Å². The first-order chi connectivity index (χ1) is 12.1. The first-order valence-electron chi connectivity index (χ1n) is 8.14. The van der Waals surface area contributed by atoms with Crippen molar-refractivity contribution >= 4 is 22.6 Å². The maximum atomic E-state index is 11.7. The predicted molar refractivity (Wildman–Crippen MR) is 94.5 cm³/mol. The molecule has 0 aliphatic rings. The van der Waals surface area contributed by atoms with Crippen LogP contribution in [0, 0.1) is 5.92 Å². The highest BCUT2D eigenvalue weighted by Crippen LogP contribution is 2.21. The highest BCUT2D eigenvalue weighted by molar-refractivity contribution is 5.86. The number of carbonyl (C=O) groups excluding carboxylic acids is 1. The Labute approximate surface area is 146 Å². The SMILES string of the molecule is COCCOCC(=O)NCC(Cc1cccc2ccccc12)C(=O)O. The number of hydrogen-bond acceptors (Lipinski definition) is 4. The van der Waals surface area contributed by atoms with Gasteiger partial charge in [0.2, 0.25) is 5.91 Å². The zero-order valence-electron chi connectivity index (χ0n) is 14.2. The minimum Gasteiger partial charge on any atom is -0.481 e. The first-order valence-corrected chi connectivity index (χ1v) is 8.14. The van der Waals surface area contributed by atoms with Gasteiger partial charge in [-0.3, -0.25) is 9.59 Å². The number of carboxylic acid groups (broad SMARTS) is 1. The number of fused-ring (bicyclic) bond motifs is 1. The van der Waals surface area contributed by atoms with Gasteiger partial charge >= 0.3 is 5.97 Å². The molecule has 0 saturated heterocycles. The molecule has 2 rings (SSSR count). The lowest BCUT2D eigenvalue weighted by Crippen LogP contribution is -2.36. The molecular formula is C19H23NO5. The van der Waals surface area contributed by atoms with Crippen molar-refractivity contribution in [3.05, 3.63) is 48.0 Å². The van der Waals surface area contributed by atoms with Crippen molar-refractivity contribution in [2.45, 2.75) is 6.42 Å². The number of benzene rings is 2. The van der Waals surface area contributed by atoms with Gasteiger partial charge in [-0.25, -0.2) is 0 Å². The lowest BCUT2D eigenvalue weighted by atomic mass is 9.95. The Balaban J connectivity index is 1.94. The zero-order chi connectivity index (χ0) is 18.1. The molecule has 0 fully saturated rings. The summed E-state index contributed by atoms with van der Waals surface area (Å²) in [4.78, 5) is 23.3. The van der Waals surface area contributed by atoms with Crippen LogP contribution < -0.4 is 5.32 Å². The van der Waals surface area contributed by atoms with Crippen molar-refractivity contribution in [1.29, 1.82) is 0 Å². The summed E-state index contributed by atoms with van der Waals surface area (Å²) in [6, 6.07) is 13.7. The molecule has 1 unspecified atom stereocenters. The van der Waals surface area contributed by atoms with Crippen molar-refractivity contribution in [3.8, 4) is 0 Å². The van der Waals surface area contributed by atoms with Gasteiger partial charge in [0.05, 0.1) is 19.1 Å². The van der Waals surface area contributed by atoms with Crippen molar-refractivity contribution in [1.82, 2.24) is 5.32 Å². The average molecular weight is 345 g/mol. The number of ether oxygens (including phenoxy) is 2. The summed E-state index contributed by atoms with van der Waals surface area (Å²) in [6.07, 6.45) is 0.349. The Bertz CT molecular complexity index is 711. The maximum absolute atomic E-state index is 11.7. The number of rotatable bonds is 10. The van der Waals surface area contributed by atoms with E-state index < -0.39 is 11.9 Å². The van der Waals surface area contributed by atoms with Gasteiger partial charge in [-0.05, 0) is 22.8 Å². The molecule has 134 valence electrons. The van der Waals surface area contributed by atoms with Gasteiger partial charge in [0.1, 0.15) is 6.61 Å². The Morgan fingerprint density at radius 1 is 1.12 bits per heavy atom. The molecular weight excluding hydrogens is 322 g/mol. The van der Waals surface area contributed by atoms with Crippen molar-refractivity contribution in [2.75, 3.05) is 33.5 Å². The van der Waals surface area contributed by atoms with Crippen molar-refractivity contribution < 1.29 is 24.2 Å². The molecule has 0 heterocycles. The third kappa shape index (κ3) is 5.85. The molecule has 25 heavy (non-hydrogen) atoms. The van der Waals surface area contributed by atoms with Gasteiger partial charge in [0.25, 0.3) is 0 Å². The van der Waals surface area contributed by atoms with Gasteiger partial charge in [-0.2, -0.15) is 0 Å². The van der Waals surface area contributed by atoms with Gasteiger partial charge < -0.3 is 19.9 Å². The number of nitrogens with one attached hydrogen (secondary N) is 1. The van der Waals surface area contributed by atoms with E-state index in [0.29, 0.717) is 19.6 Å². The molecule has 1 amide bonds. The number of aliphatic carboxylic acids is 1. The fourth-order valence-corrected chi connectivity index (χ4v) is 2.58. The standard InChI is InChI=1S/C19H23NO5/c1-24-9-10-25-13-18(21)20-12-16(19(22)23)11-15-7-4-6-14-5-2-3-8-17(14)15/h2-8,16H,9-13H2,1H3,(H,20,21)(H,22,23). The van der Waals surface area contributed by atoms with Gasteiger partial charge in [-0.1, -0.05) is 42.5 Å². The largest absolute Gasteiger partial charge is 0.481 e. The van der Waals surface area contributed by atoms with Gasteiger partial charge in [0, 0.05) is 13.7 Å². The summed E-state index contributed by atoms with van der Waals surface area (Å²) < 4.78 is 9.94. The number of hydrogen-bond donors (Lipinski definition) is 2. The van der Waals surface area contributed by atoms with Crippen LogP contribution in [-0.2, 0) is 25.5 Å². The lowest BCUT2D eigenvalue weighted by molar-refractivity contribution is -0.141. The van der Waals surface area contributed by atoms with E-state index in [1.807, 2.05) is 42.5 Å². The van der Waals surface area contributed by atoms with E-state index in [-0.39, 0.29) is 19.1 Å². The van der Waals surface area contributed by atoms with E-state index in [9.17, 15) is 14.7 Å². The molecule has 2 aromatic carbocycles. The van der Waals surface area contributed by atoms with E-state index in [0.717, 1.165) is 16.3 Å². The first kappa shape index (κ1) is 18.9. The maximum Gasteiger partial charge on any atom is 0.308 e. The average Bonchev–Trinajstić information content (AvgIpc) is 2.62. The summed E-state index contributed by atoms with van der Waals surface area (Å²) in [7, 11) is 1.55. The van der Waals surface area contributed by atoms with Crippen LogP contribution in [0.4, 0.5) is 0 Å². The Morgan fingerprint density at radius 3 is 2.64 bits per heavy atom. The molecule has 2 aromatic rings. The normalized spacial score (nSPS) is 12.0. The second kappa shape index (κ2) is 9.76. The van der Waals surface area contributed by atoms with Crippen LogP contribution in [0.25, 0.3) is 10.8 Å². The molecule has 0 aliphatic heterocycles. The number of carboxylic acids is 1. The molecule has 0 bridgehead atoms. The minimum absolute atomic E-state index is 0.0605. The van der Waals surface area contributed by atoms with Crippen LogP contribution in [0.5, 0.6) is 0 Å². The minimum atomic E-state index is -0.937. The third-order valence-electron chi connectivity index (χ3n) is 3.91. The topological polar surface area (TPSA) is 84.9 Å². The quantitative estimate of drug-likeness (QED) is 0.642. The summed E-state index contributed by atoms with van der Waals surface area (Å²) >= 11 is 0. The number of methoxy groups -OCH3 is 1. The smallest absolute Gasteiger partial charge is 0.308 e. The fourth-order valence-electron chi connectivity index (χ4n) is 2.58. The van der Waals surface area contributed by atoms with Gasteiger partial charge in [0.15, 0.2) is 0 Å². The van der Waals surface area contributed by atoms with Crippen LogP contribution in [0.3, 0.4) is 0 Å². The second-order valence-corrected chi connectivity index (χ2v) is 5.73. The zero-order valence-corrected chi connectivity index (χ0v) is 14.2. The molecule has 6 heteroatoms. The third-order valence-corrected chi connectivity index (χ3v) is 3.91. The molecule has 2 N–H and O–H groups in total. The Kier molecular flexibility index (Phi) is 7.37. The van der Waals surface area contributed by atoms with E-state index in [4.69, 9.17) is 9.47 Å². The highest BCUT2D eigenvalue weighted by atomic mass is 16.5. The fraction of sp³-hybridized carbons (Fsp3) is 0.368. The summed E-state index contributed by atoms with van der Waals surface area (Å²) in [5, 5.41) is 14.2. The van der Waals surface area contributed by atoms with Crippen LogP contribution in [0.15, 0.2) is 42.5 Å². The lowest BCUT2D eigenvalue weighted by Gasteiger charge is -2.15. The summed E-state index contributed by atoms with van der Waals surface area (Å²) in [5.41, 5.74) is 0.955. The molecule has 0 spiro atoms. The molecule has 0 aromatic heterocycles. The number of carbonyl (C=O) groups is 2. The molecule has 0 saturated carbocycles. The molecule has 6 nitrogen and oxygen atoms in total. The van der Waals surface area contributed by atoms with E-state index >= 15 is 0 Å². The highest BCUT2D eigenvalue weighted by Gasteiger charge is 2.20.